The van der Waals surface area contributed by atoms with Gasteiger partial charge in [-0.3, -0.25) is 4.79 Å². The molecule has 0 spiro atoms. The molecule has 132 valence electrons. The summed E-state index contributed by atoms with van der Waals surface area (Å²) in [5.74, 6) is -0.215. The molecule has 1 aliphatic heterocycles. The number of sulfone groups is 1. The topological polar surface area (TPSA) is 74.7 Å². The first-order chi connectivity index (χ1) is 11.8. The molecule has 25 heavy (non-hydrogen) atoms. The quantitative estimate of drug-likeness (QED) is 0.886. The number of carbonyl (C=O) groups is 1. The summed E-state index contributed by atoms with van der Waals surface area (Å²) in [4.78, 5) is 14.6. The highest BCUT2D eigenvalue weighted by Crippen LogP contribution is 2.39. The maximum atomic E-state index is 12.8. The van der Waals surface area contributed by atoms with Crippen molar-refractivity contribution in [2.75, 3.05) is 17.2 Å². The first kappa shape index (κ1) is 17.8. The number of phenolic OH excluding ortho intramolecular Hbond substituents is 1. The number of anilines is 1. The van der Waals surface area contributed by atoms with Crippen molar-refractivity contribution >= 4 is 33.0 Å². The number of fused-ring (bicyclic) bond motifs is 1. The molecule has 0 atom stereocenters. The van der Waals surface area contributed by atoms with Crippen LogP contribution >= 0.6 is 11.6 Å². The van der Waals surface area contributed by atoms with Crippen LogP contribution in [0.4, 0.5) is 5.69 Å². The highest BCUT2D eigenvalue weighted by molar-refractivity contribution is 7.91. The number of benzene rings is 2. The van der Waals surface area contributed by atoms with Gasteiger partial charge in [0, 0.05) is 17.8 Å². The number of rotatable bonds is 4. The second kappa shape index (κ2) is 6.69. The zero-order valence-corrected chi connectivity index (χ0v) is 15.3. The summed E-state index contributed by atoms with van der Waals surface area (Å²) in [6.07, 6.45) is 0.552. The van der Waals surface area contributed by atoms with Crippen molar-refractivity contribution in [1.82, 2.24) is 0 Å². The molecule has 0 aromatic heterocycles. The Morgan fingerprint density at radius 3 is 2.68 bits per heavy atom. The first-order valence-corrected chi connectivity index (χ1v) is 9.99. The van der Waals surface area contributed by atoms with Gasteiger partial charge in [-0.2, -0.15) is 0 Å². The number of halogens is 1. The Bertz CT molecular complexity index is 940. The molecule has 5 nitrogen and oxygen atoms in total. The van der Waals surface area contributed by atoms with Gasteiger partial charge in [-0.05, 0) is 30.2 Å². The van der Waals surface area contributed by atoms with Crippen LogP contribution in [-0.2, 0) is 27.5 Å². The molecule has 0 aliphatic carbocycles. The lowest BCUT2D eigenvalue weighted by Gasteiger charge is -2.18. The Kier molecular flexibility index (Phi) is 4.75. The molecule has 7 heteroatoms. The van der Waals surface area contributed by atoms with E-state index in [1.54, 1.807) is 36.1 Å². The van der Waals surface area contributed by atoms with E-state index in [9.17, 15) is 18.3 Å². The average molecular weight is 380 g/mol. The Balaban J connectivity index is 1.91. The molecule has 1 heterocycles. The molecule has 0 radical (unpaired) electrons. The third kappa shape index (κ3) is 3.24. The summed E-state index contributed by atoms with van der Waals surface area (Å²) in [7, 11) is -3.40. The van der Waals surface area contributed by atoms with E-state index < -0.39 is 9.84 Å². The summed E-state index contributed by atoms with van der Waals surface area (Å²) < 4.78 is 24.5. The molecule has 0 bridgehead atoms. The Hall–Kier alpha value is -2.05. The van der Waals surface area contributed by atoms with E-state index in [4.69, 9.17) is 11.6 Å². The van der Waals surface area contributed by atoms with Gasteiger partial charge in [0.2, 0.25) is 5.91 Å². The smallest absolute Gasteiger partial charge is 0.231 e. The predicted molar refractivity (Wildman–Crippen MR) is 97.0 cm³/mol. The first-order valence-electron chi connectivity index (χ1n) is 7.96. The van der Waals surface area contributed by atoms with Crippen LogP contribution in [0.1, 0.15) is 18.1 Å². The van der Waals surface area contributed by atoms with Crippen molar-refractivity contribution in [3.05, 3.63) is 52.5 Å². The van der Waals surface area contributed by atoms with Gasteiger partial charge >= 0.3 is 0 Å². The van der Waals surface area contributed by atoms with Crippen LogP contribution < -0.4 is 4.90 Å². The molecule has 0 fully saturated rings. The highest BCUT2D eigenvalue weighted by atomic mass is 35.5. The van der Waals surface area contributed by atoms with Gasteiger partial charge in [0.25, 0.3) is 0 Å². The lowest BCUT2D eigenvalue weighted by Crippen LogP contribution is -2.30. The van der Waals surface area contributed by atoms with Gasteiger partial charge in [0.15, 0.2) is 9.84 Å². The van der Waals surface area contributed by atoms with Gasteiger partial charge in [-0.15, -0.1) is 0 Å². The third-order valence-electron chi connectivity index (χ3n) is 4.40. The largest absolute Gasteiger partial charge is 0.506 e. The van der Waals surface area contributed by atoms with E-state index in [0.717, 1.165) is 5.56 Å². The molecule has 2 aromatic carbocycles. The van der Waals surface area contributed by atoms with Gasteiger partial charge in [0.1, 0.15) is 5.75 Å². The van der Waals surface area contributed by atoms with E-state index in [-0.39, 0.29) is 33.7 Å². The number of amides is 1. The van der Waals surface area contributed by atoms with Crippen LogP contribution in [0.2, 0.25) is 5.02 Å². The molecule has 1 amide bonds. The van der Waals surface area contributed by atoms with Crippen LogP contribution in [0.25, 0.3) is 0 Å². The van der Waals surface area contributed by atoms with Crippen LogP contribution in [-0.4, -0.2) is 31.7 Å². The predicted octanol–water partition coefficient (Wildman–Crippen LogP) is 2.97. The molecule has 3 rings (SSSR count). The monoisotopic (exact) mass is 379 g/mol. The van der Waals surface area contributed by atoms with Crippen LogP contribution in [0, 0.1) is 0 Å². The second-order valence-corrected chi connectivity index (χ2v) is 8.50. The molecule has 0 saturated carbocycles. The minimum atomic E-state index is -3.40. The van der Waals surface area contributed by atoms with Crippen molar-refractivity contribution in [1.29, 1.82) is 0 Å². The Morgan fingerprint density at radius 1 is 1.24 bits per heavy atom. The van der Waals surface area contributed by atoms with Crippen LogP contribution in [0.3, 0.4) is 0 Å². The molecular formula is C18H18ClNO4S. The standard InChI is InChI=1S/C18H18ClNO4S/c1-2-25(23,24)16-6-4-3-5-12(16)11-17(22)20-10-9-13-14(20)7-8-15(21)18(13)19/h3-8,21H,2,9-11H2,1H3. The number of hydrogen-bond acceptors (Lipinski definition) is 4. The molecular weight excluding hydrogens is 362 g/mol. The van der Waals surface area contributed by atoms with Crippen molar-refractivity contribution < 1.29 is 18.3 Å². The van der Waals surface area contributed by atoms with E-state index in [1.807, 2.05) is 0 Å². The number of hydrogen-bond donors (Lipinski definition) is 1. The zero-order chi connectivity index (χ0) is 18.2. The lowest BCUT2D eigenvalue weighted by molar-refractivity contribution is -0.117. The molecule has 1 aliphatic rings. The SMILES string of the molecule is CCS(=O)(=O)c1ccccc1CC(=O)N1CCc2c1ccc(O)c2Cl. The summed E-state index contributed by atoms with van der Waals surface area (Å²) in [5, 5.41) is 9.96. The molecule has 2 aromatic rings. The van der Waals surface area contributed by atoms with Crippen molar-refractivity contribution in [2.24, 2.45) is 0 Å². The van der Waals surface area contributed by atoms with E-state index in [0.29, 0.717) is 24.2 Å². The second-order valence-electron chi connectivity index (χ2n) is 5.88. The lowest BCUT2D eigenvalue weighted by atomic mass is 10.1. The number of carbonyl (C=O) groups excluding carboxylic acids is 1. The summed E-state index contributed by atoms with van der Waals surface area (Å²) in [6.45, 7) is 2.04. The van der Waals surface area contributed by atoms with Gasteiger partial charge < -0.3 is 10.0 Å². The minimum absolute atomic E-state index is 0.00546. The van der Waals surface area contributed by atoms with E-state index >= 15 is 0 Å². The van der Waals surface area contributed by atoms with Gasteiger partial charge in [0.05, 0.1) is 22.1 Å². The fourth-order valence-electron chi connectivity index (χ4n) is 3.06. The Labute approximate surface area is 151 Å². The van der Waals surface area contributed by atoms with Gasteiger partial charge in [-0.25, -0.2) is 8.42 Å². The summed E-state index contributed by atoms with van der Waals surface area (Å²) in [6, 6.07) is 9.71. The normalized spacial score (nSPS) is 13.8. The van der Waals surface area contributed by atoms with Crippen molar-refractivity contribution in [3.8, 4) is 5.75 Å². The number of nitrogens with zero attached hydrogens (tertiary/aromatic N) is 1. The third-order valence-corrected chi connectivity index (χ3v) is 6.65. The van der Waals surface area contributed by atoms with E-state index in [2.05, 4.69) is 0 Å². The number of phenols is 1. The zero-order valence-electron chi connectivity index (χ0n) is 13.7. The summed E-state index contributed by atoms with van der Waals surface area (Å²) in [5.41, 5.74) is 1.90. The minimum Gasteiger partial charge on any atom is -0.506 e. The maximum absolute atomic E-state index is 12.8. The fourth-order valence-corrected chi connectivity index (χ4v) is 4.45. The van der Waals surface area contributed by atoms with Crippen molar-refractivity contribution in [2.45, 2.75) is 24.7 Å². The van der Waals surface area contributed by atoms with Crippen LogP contribution in [0.5, 0.6) is 5.75 Å². The summed E-state index contributed by atoms with van der Waals surface area (Å²) >= 11 is 6.11. The highest BCUT2D eigenvalue weighted by Gasteiger charge is 2.28. The fraction of sp³-hybridized carbons (Fsp3) is 0.278. The average Bonchev–Trinajstić information content (AvgIpc) is 3.03. The van der Waals surface area contributed by atoms with Crippen molar-refractivity contribution in [3.63, 3.8) is 0 Å². The number of aromatic hydroxyl groups is 1. The van der Waals surface area contributed by atoms with Gasteiger partial charge in [-0.1, -0.05) is 36.7 Å². The maximum Gasteiger partial charge on any atom is 0.231 e. The molecule has 1 N–H and O–H groups in total. The molecule has 0 saturated heterocycles. The van der Waals surface area contributed by atoms with Crippen LogP contribution in [0.15, 0.2) is 41.3 Å². The Morgan fingerprint density at radius 2 is 1.96 bits per heavy atom. The van der Waals surface area contributed by atoms with E-state index in [1.165, 1.54) is 12.1 Å². The molecule has 0 unspecified atom stereocenters.